The van der Waals surface area contributed by atoms with E-state index in [4.69, 9.17) is 0 Å². The van der Waals surface area contributed by atoms with Gasteiger partial charge in [-0.1, -0.05) is 58.3 Å². The largest absolute Gasteiger partial charge is 0.383 e. The van der Waals surface area contributed by atoms with Crippen molar-refractivity contribution in [1.82, 2.24) is 0 Å². The molecule has 0 aromatic heterocycles. The van der Waals surface area contributed by atoms with E-state index in [2.05, 4.69) is 6.92 Å². The van der Waals surface area contributed by atoms with Crippen LogP contribution in [0.15, 0.2) is 0 Å². The number of aliphatic hydroxyl groups is 1. The van der Waals surface area contributed by atoms with Crippen molar-refractivity contribution in [3.8, 4) is 0 Å². The van der Waals surface area contributed by atoms with Gasteiger partial charge in [0.2, 0.25) is 0 Å². The van der Waals surface area contributed by atoms with E-state index in [1.54, 1.807) is 13.8 Å². The molecule has 0 aliphatic rings. The molecule has 0 unspecified atom stereocenters. The molecule has 0 atom stereocenters. The van der Waals surface area contributed by atoms with Crippen molar-refractivity contribution < 1.29 is 9.90 Å². The number of rotatable bonds is 11. The van der Waals surface area contributed by atoms with E-state index in [-0.39, 0.29) is 5.78 Å². The molecule has 0 amide bonds. The molecule has 17 heavy (non-hydrogen) atoms. The summed E-state index contributed by atoms with van der Waals surface area (Å²) in [5, 5.41) is 9.46. The second-order valence-electron chi connectivity index (χ2n) is 5.56. The first kappa shape index (κ1) is 16.6. The van der Waals surface area contributed by atoms with Crippen molar-refractivity contribution in [1.29, 1.82) is 0 Å². The van der Waals surface area contributed by atoms with Crippen LogP contribution in [0.2, 0.25) is 0 Å². The van der Waals surface area contributed by atoms with Crippen LogP contribution >= 0.6 is 0 Å². The Bertz CT molecular complexity index is 192. The standard InChI is InChI=1S/C15H30O2/c1-4-5-6-7-8-9-10-11-12-13-14(16)15(2,3)17/h17H,4-13H2,1-3H3. The maximum Gasteiger partial charge on any atom is 0.163 e. The second-order valence-corrected chi connectivity index (χ2v) is 5.56. The fourth-order valence-electron chi connectivity index (χ4n) is 1.90. The van der Waals surface area contributed by atoms with Crippen LogP contribution < -0.4 is 0 Å². The Hall–Kier alpha value is -0.370. The summed E-state index contributed by atoms with van der Waals surface area (Å²) < 4.78 is 0. The van der Waals surface area contributed by atoms with Gasteiger partial charge in [-0.25, -0.2) is 0 Å². The third kappa shape index (κ3) is 10.5. The molecule has 1 N–H and O–H groups in total. The van der Waals surface area contributed by atoms with Gasteiger partial charge in [0, 0.05) is 6.42 Å². The van der Waals surface area contributed by atoms with Crippen LogP contribution in [0, 0.1) is 0 Å². The lowest BCUT2D eigenvalue weighted by atomic mass is 9.98. The van der Waals surface area contributed by atoms with E-state index < -0.39 is 5.60 Å². The molecule has 0 aliphatic carbocycles. The first-order chi connectivity index (χ1) is 7.98. The van der Waals surface area contributed by atoms with Crippen LogP contribution in [0.3, 0.4) is 0 Å². The number of Topliss-reactive ketones (excluding diaryl/α,β-unsaturated/α-hetero) is 1. The van der Waals surface area contributed by atoms with E-state index in [9.17, 15) is 9.90 Å². The smallest absolute Gasteiger partial charge is 0.163 e. The van der Waals surface area contributed by atoms with Crippen molar-refractivity contribution in [3.63, 3.8) is 0 Å². The average Bonchev–Trinajstić information content (AvgIpc) is 2.25. The van der Waals surface area contributed by atoms with Crippen LogP contribution in [0.25, 0.3) is 0 Å². The number of hydrogen-bond acceptors (Lipinski definition) is 2. The van der Waals surface area contributed by atoms with Gasteiger partial charge >= 0.3 is 0 Å². The van der Waals surface area contributed by atoms with Gasteiger partial charge in [0.05, 0.1) is 0 Å². The second kappa shape index (κ2) is 9.64. The minimum atomic E-state index is -1.14. The highest BCUT2D eigenvalue weighted by atomic mass is 16.3. The Morgan fingerprint density at radius 2 is 1.29 bits per heavy atom. The zero-order chi connectivity index (χ0) is 13.1. The Balaban J connectivity index is 3.22. The molecule has 0 bridgehead atoms. The van der Waals surface area contributed by atoms with Crippen molar-refractivity contribution >= 4 is 5.78 Å². The summed E-state index contributed by atoms with van der Waals surface area (Å²) in [6.07, 6.45) is 11.8. The molecule has 0 saturated heterocycles. The van der Waals surface area contributed by atoms with Crippen molar-refractivity contribution in [2.75, 3.05) is 0 Å². The zero-order valence-electron chi connectivity index (χ0n) is 11.9. The van der Waals surface area contributed by atoms with Gasteiger partial charge < -0.3 is 5.11 Å². The molecule has 0 fully saturated rings. The van der Waals surface area contributed by atoms with Crippen molar-refractivity contribution in [3.05, 3.63) is 0 Å². The third-order valence-electron chi connectivity index (χ3n) is 3.19. The summed E-state index contributed by atoms with van der Waals surface area (Å²) in [6.45, 7) is 5.38. The first-order valence-electron chi connectivity index (χ1n) is 7.24. The molecule has 2 heteroatoms. The van der Waals surface area contributed by atoms with Gasteiger partial charge in [0.1, 0.15) is 5.60 Å². The number of unbranched alkanes of at least 4 members (excludes halogenated alkanes) is 8. The molecule has 0 aliphatic heterocycles. The van der Waals surface area contributed by atoms with E-state index in [1.807, 2.05) is 0 Å². The molecule has 102 valence electrons. The zero-order valence-corrected chi connectivity index (χ0v) is 11.9. The van der Waals surface area contributed by atoms with E-state index in [1.165, 1.54) is 44.9 Å². The number of carbonyl (C=O) groups is 1. The first-order valence-corrected chi connectivity index (χ1v) is 7.24. The van der Waals surface area contributed by atoms with Crippen molar-refractivity contribution in [2.45, 2.75) is 90.6 Å². The number of ketones is 1. The van der Waals surface area contributed by atoms with Crippen molar-refractivity contribution in [2.24, 2.45) is 0 Å². The molecule has 0 rings (SSSR count). The van der Waals surface area contributed by atoms with Crippen LogP contribution in [-0.4, -0.2) is 16.5 Å². The average molecular weight is 242 g/mol. The molecular formula is C15H30O2. The Kier molecular flexibility index (Phi) is 9.43. The molecular weight excluding hydrogens is 212 g/mol. The predicted octanol–water partition coefficient (Wildman–Crippen LogP) is 4.25. The fourth-order valence-corrected chi connectivity index (χ4v) is 1.90. The van der Waals surface area contributed by atoms with Gasteiger partial charge in [0.25, 0.3) is 0 Å². The summed E-state index contributed by atoms with van der Waals surface area (Å²) >= 11 is 0. The quantitative estimate of drug-likeness (QED) is 0.550. The summed E-state index contributed by atoms with van der Waals surface area (Å²) in [6, 6.07) is 0. The van der Waals surface area contributed by atoms with E-state index >= 15 is 0 Å². The van der Waals surface area contributed by atoms with Crippen LogP contribution in [0.5, 0.6) is 0 Å². The molecule has 0 saturated carbocycles. The summed E-state index contributed by atoms with van der Waals surface area (Å²) in [5.41, 5.74) is -1.14. The maximum absolute atomic E-state index is 11.4. The number of hydrogen-bond donors (Lipinski definition) is 1. The maximum atomic E-state index is 11.4. The normalized spacial score (nSPS) is 11.8. The molecule has 0 aromatic carbocycles. The molecule has 0 spiro atoms. The van der Waals surface area contributed by atoms with E-state index in [0.717, 1.165) is 12.8 Å². The minimum absolute atomic E-state index is 0.0274. The lowest BCUT2D eigenvalue weighted by molar-refractivity contribution is -0.134. The minimum Gasteiger partial charge on any atom is -0.383 e. The fraction of sp³-hybridized carbons (Fsp3) is 0.933. The van der Waals surface area contributed by atoms with Gasteiger partial charge in [-0.15, -0.1) is 0 Å². The van der Waals surface area contributed by atoms with Crippen LogP contribution in [0.4, 0.5) is 0 Å². The Morgan fingerprint density at radius 1 is 0.882 bits per heavy atom. The summed E-state index contributed by atoms with van der Waals surface area (Å²) in [4.78, 5) is 11.4. The van der Waals surface area contributed by atoms with Gasteiger partial charge in [0.15, 0.2) is 5.78 Å². The summed E-state index contributed by atoms with van der Waals surface area (Å²) in [5.74, 6) is -0.0274. The molecule has 0 heterocycles. The Morgan fingerprint density at radius 3 is 1.71 bits per heavy atom. The number of carbonyl (C=O) groups excluding carboxylic acids is 1. The highest BCUT2D eigenvalue weighted by Gasteiger charge is 2.22. The topological polar surface area (TPSA) is 37.3 Å². The molecule has 0 aromatic rings. The van der Waals surface area contributed by atoms with Gasteiger partial charge in [-0.3, -0.25) is 4.79 Å². The van der Waals surface area contributed by atoms with Crippen LogP contribution in [-0.2, 0) is 4.79 Å². The monoisotopic (exact) mass is 242 g/mol. The lowest BCUT2D eigenvalue weighted by Crippen LogP contribution is -2.30. The SMILES string of the molecule is CCCCCCCCCCCC(=O)C(C)(C)O. The van der Waals surface area contributed by atoms with Gasteiger partial charge in [-0.2, -0.15) is 0 Å². The highest BCUT2D eigenvalue weighted by Crippen LogP contribution is 2.13. The van der Waals surface area contributed by atoms with Gasteiger partial charge in [-0.05, 0) is 20.3 Å². The summed E-state index contributed by atoms with van der Waals surface area (Å²) in [7, 11) is 0. The van der Waals surface area contributed by atoms with Crippen LogP contribution in [0.1, 0.15) is 85.0 Å². The molecule has 0 radical (unpaired) electrons. The predicted molar refractivity (Wildman–Crippen MR) is 73.1 cm³/mol. The lowest BCUT2D eigenvalue weighted by Gasteiger charge is -2.14. The molecule has 2 nitrogen and oxygen atoms in total. The Labute approximate surface area is 107 Å². The third-order valence-corrected chi connectivity index (χ3v) is 3.19. The van der Waals surface area contributed by atoms with E-state index in [0.29, 0.717) is 6.42 Å². The highest BCUT2D eigenvalue weighted by molar-refractivity contribution is 5.86.